The molecule has 0 saturated carbocycles. The fourth-order valence-electron chi connectivity index (χ4n) is 4.38. The van der Waals surface area contributed by atoms with Crippen LogP contribution in [0.25, 0.3) is 16.8 Å². The number of rotatable bonds is 4. The molecule has 3 N–H and O–H groups in total. The molecule has 5 rings (SSSR count). The van der Waals surface area contributed by atoms with E-state index in [4.69, 9.17) is 17.3 Å². The number of carbonyl (C=O) groups excluding carboxylic acids is 2. The topological polar surface area (TPSA) is 119 Å². The normalized spacial score (nSPS) is 17.5. The van der Waals surface area contributed by atoms with Gasteiger partial charge in [0.1, 0.15) is 18.0 Å². The van der Waals surface area contributed by atoms with Crippen molar-refractivity contribution in [3.63, 3.8) is 0 Å². The summed E-state index contributed by atoms with van der Waals surface area (Å²) in [7, 11) is 0. The summed E-state index contributed by atoms with van der Waals surface area (Å²) in [5, 5.41) is 6.28. The van der Waals surface area contributed by atoms with Crippen LogP contribution in [0.15, 0.2) is 49.1 Å². The van der Waals surface area contributed by atoms with Crippen LogP contribution in [0.2, 0.25) is 5.02 Å². The molecule has 1 saturated heterocycles. The Hall–Kier alpha value is -4.33. The van der Waals surface area contributed by atoms with E-state index in [9.17, 15) is 31.5 Å². The highest BCUT2D eigenvalue weighted by Gasteiger charge is 2.38. The van der Waals surface area contributed by atoms with E-state index in [1.807, 2.05) is 0 Å². The van der Waals surface area contributed by atoms with E-state index in [1.165, 1.54) is 24.4 Å². The van der Waals surface area contributed by atoms with E-state index >= 15 is 0 Å². The number of likely N-dealkylation sites (tertiary alicyclic amines) is 1. The molecule has 1 aliphatic heterocycles. The zero-order valence-corrected chi connectivity index (χ0v) is 20.3. The summed E-state index contributed by atoms with van der Waals surface area (Å²) in [5.74, 6) is -2.86. The van der Waals surface area contributed by atoms with Crippen molar-refractivity contribution in [3.05, 3.63) is 76.6 Å². The Morgan fingerprint density at radius 2 is 1.90 bits per heavy atom. The number of nitrogens with zero attached hydrogens (tertiary/aromatic N) is 5. The summed E-state index contributed by atoms with van der Waals surface area (Å²) < 4.78 is 70.7. The van der Waals surface area contributed by atoms with Gasteiger partial charge in [-0.2, -0.15) is 18.3 Å². The largest absolute Gasteiger partial charge is 0.418 e. The fourth-order valence-corrected chi connectivity index (χ4v) is 4.58. The molecular formula is C24H17ClF5N7O2. The first-order chi connectivity index (χ1) is 18.5. The number of nitrogens with one attached hydrogen (secondary N) is 1. The van der Waals surface area contributed by atoms with Crippen LogP contribution >= 0.6 is 11.6 Å². The molecule has 0 unspecified atom stereocenters. The molecule has 15 heteroatoms. The van der Waals surface area contributed by atoms with Gasteiger partial charge in [-0.1, -0.05) is 17.7 Å². The number of carbonyl (C=O) groups is 2. The van der Waals surface area contributed by atoms with Gasteiger partial charge in [0.05, 0.1) is 46.2 Å². The van der Waals surface area contributed by atoms with Gasteiger partial charge in [0.2, 0.25) is 0 Å². The van der Waals surface area contributed by atoms with Gasteiger partial charge in [0.15, 0.2) is 11.6 Å². The SMILES string of the molecule is Nc1ncnn2c(-c3ccc(Cl)c(C(=O)N[C@@H]4CN(C(=O)c5ccncc5F)C[C@@H]4F)c3)cc(C(F)(F)F)c12. The summed E-state index contributed by atoms with van der Waals surface area (Å²) >= 11 is 6.20. The van der Waals surface area contributed by atoms with E-state index in [-0.39, 0.29) is 34.0 Å². The summed E-state index contributed by atoms with van der Waals surface area (Å²) in [6.45, 7) is -0.643. The highest BCUT2D eigenvalue weighted by Crippen LogP contribution is 2.39. The highest BCUT2D eigenvalue weighted by atomic mass is 35.5. The predicted molar refractivity (Wildman–Crippen MR) is 129 cm³/mol. The van der Waals surface area contributed by atoms with Crippen LogP contribution in [0.3, 0.4) is 0 Å². The van der Waals surface area contributed by atoms with Crippen LogP contribution in [0.4, 0.5) is 27.8 Å². The third-order valence-electron chi connectivity index (χ3n) is 6.25. The number of pyridine rings is 1. The van der Waals surface area contributed by atoms with Gasteiger partial charge in [-0.3, -0.25) is 14.6 Å². The minimum absolute atomic E-state index is 0.0440. The minimum atomic E-state index is -4.77. The number of fused-ring (bicyclic) bond motifs is 1. The van der Waals surface area contributed by atoms with Crippen molar-refractivity contribution in [3.8, 4) is 11.3 Å². The lowest BCUT2D eigenvalue weighted by Gasteiger charge is -2.17. The highest BCUT2D eigenvalue weighted by molar-refractivity contribution is 6.34. The lowest BCUT2D eigenvalue weighted by atomic mass is 10.1. The average Bonchev–Trinajstić information content (AvgIpc) is 3.46. The van der Waals surface area contributed by atoms with Gasteiger partial charge < -0.3 is 16.0 Å². The average molecular weight is 566 g/mol. The molecule has 1 aliphatic rings. The number of benzene rings is 1. The second kappa shape index (κ2) is 9.76. The van der Waals surface area contributed by atoms with E-state index < -0.39 is 59.5 Å². The fraction of sp³-hybridized carbons (Fsp3) is 0.208. The number of amides is 2. The Morgan fingerprint density at radius 3 is 2.62 bits per heavy atom. The van der Waals surface area contributed by atoms with Gasteiger partial charge in [0.25, 0.3) is 11.8 Å². The molecule has 202 valence electrons. The predicted octanol–water partition coefficient (Wildman–Crippen LogP) is 3.78. The summed E-state index contributed by atoms with van der Waals surface area (Å²) in [4.78, 5) is 34.0. The molecule has 9 nitrogen and oxygen atoms in total. The third kappa shape index (κ3) is 4.82. The Morgan fingerprint density at radius 1 is 1.13 bits per heavy atom. The molecule has 1 fully saturated rings. The van der Waals surface area contributed by atoms with Gasteiger partial charge >= 0.3 is 6.18 Å². The molecule has 3 aromatic heterocycles. The van der Waals surface area contributed by atoms with Crippen LogP contribution in [0.5, 0.6) is 0 Å². The summed E-state index contributed by atoms with van der Waals surface area (Å²) in [5.41, 5.74) is 3.81. The second-order valence-corrected chi connectivity index (χ2v) is 9.11. The Bertz CT molecular complexity index is 1610. The van der Waals surface area contributed by atoms with Crippen molar-refractivity contribution in [2.24, 2.45) is 0 Å². The summed E-state index contributed by atoms with van der Waals surface area (Å²) in [6.07, 6.45) is -3.37. The summed E-state index contributed by atoms with van der Waals surface area (Å²) in [6, 6.07) is 4.75. The van der Waals surface area contributed by atoms with Crippen LogP contribution in [0.1, 0.15) is 26.3 Å². The van der Waals surface area contributed by atoms with Crippen molar-refractivity contribution < 1.29 is 31.5 Å². The molecule has 4 heterocycles. The number of nitrogen functional groups attached to an aromatic ring is 1. The molecule has 0 spiro atoms. The van der Waals surface area contributed by atoms with E-state index in [0.717, 1.165) is 34.1 Å². The van der Waals surface area contributed by atoms with Crippen LogP contribution in [0, 0.1) is 5.82 Å². The molecular weight excluding hydrogens is 549 g/mol. The number of aromatic nitrogens is 4. The van der Waals surface area contributed by atoms with Gasteiger partial charge in [0, 0.05) is 18.3 Å². The maximum absolute atomic E-state index is 14.8. The number of alkyl halides is 4. The Labute approximate surface area is 221 Å². The van der Waals surface area contributed by atoms with Crippen LogP contribution in [-0.2, 0) is 6.18 Å². The lowest BCUT2D eigenvalue weighted by molar-refractivity contribution is -0.136. The second-order valence-electron chi connectivity index (χ2n) is 8.70. The van der Waals surface area contributed by atoms with E-state index in [2.05, 4.69) is 20.4 Å². The molecule has 0 radical (unpaired) electrons. The number of nitrogens with two attached hydrogens (primary N) is 1. The Balaban J connectivity index is 1.42. The molecule has 2 amide bonds. The standard InChI is InChI=1S/C24H17ClF5N7O2/c25-15-2-1-11(19-6-14(24(28,29)30)20-21(31)33-10-34-37(19)20)5-13(15)22(38)35-18-9-36(8-17(18)27)23(39)12-3-4-32-7-16(12)26/h1-7,10,17-18H,8-9H2,(H,35,38)(H2,31,33,34)/t17-,18+/m0/s1. The zero-order chi connectivity index (χ0) is 28.1. The van der Waals surface area contributed by atoms with Gasteiger partial charge in [-0.05, 0) is 24.3 Å². The monoisotopic (exact) mass is 565 g/mol. The zero-order valence-electron chi connectivity index (χ0n) is 19.6. The first-order valence-corrected chi connectivity index (χ1v) is 11.7. The van der Waals surface area contributed by atoms with E-state index in [1.54, 1.807) is 0 Å². The number of hydrogen-bond donors (Lipinski definition) is 2. The molecule has 4 aromatic rings. The lowest BCUT2D eigenvalue weighted by Crippen LogP contribution is -2.42. The van der Waals surface area contributed by atoms with E-state index in [0.29, 0.717) is 0 Å². The van der Waals surface area contributed by atoms with Crippen molar-refractivity contribution in [1.29, 1.82) is 0 Å². The Kier molecular flexibility index (Phi) is 6.58. The number of anilines is 1. The molecule has 1 aromatic carbocycles. The van der Waals surface area contributed by atoms with Crippen molar-refractivity contribution >= 4 is 34.7 Å². The van der Waals surface area contributed by atoms with Crippen molar-refractivity contribution in [1.82, 2.24) is 29.8 Å². The maximum Gasteiger partial charge on any atom is 0.418 e. The van der Waals surface area contributed by atoms with Gasteiger partial charge in [-0.15, -0.1) is 0 Å². The third-order valence-corrected chi connectivity index (χ3v) is 6.58. The molecule has 39 heavy (non-hydrogen) atoms. The minimum Gasteiger partial charge on any atom is -0.382 e. The van der Waals surface area contributed by atoms with Crippen molar-refractivity contribution in [2.45, 2.75) is 18.4 Å². The van der Waals surface area contributed by atoms with Crippen LogP contribution < -0.4 is 11.1 Å². The maximum atomic E-state index is 14.8. The molecule has 2 atom stereocenters. The van der Waals surface area contributed by atoms with Crippen LogP contribution in [-0.4, -0.2) is 61.6 Å². The molecule has 0 aliphatic carbocycles. The van der Waals surface area contributed by atoms with Gasteiger partial charge in [-0.25, -0.2) is 18.3 Å². The first-order valence-electron chi connectivity index (χ1n) is 11.3. The quantitative estimate of drug-likeness (QED) is 0.364. The smallest absolute Gasteiger partial charge is 0.382 e. The molecule has 0 bridgehead atoms. The number of hydrogen-bond acceptors (Lipinski definition) is 6. The van der Waals surface area contributed by atoms with Crippen molar-refractivity contribution in [2.75, 3.05) is 18.8 Å². The first kappa shape index (κ1) is 26.3. The number of halogens is 6.